The van der Waals surface area contributed by atoms with Crippen molar-refractivity contribution in [3.05, 3.63) is 29.4 Å². The van der Waals surface area contributed by atoms with Crippen LogP contribution in [0.4, 0.5) is 5.82 Å². The number of likely N-dealkylation sites (tertiary alicyclic amines) is 1. The van der Waals surface area contributed by atoms with Gasteiger partial charge in [-0.05, 0) is 13.8 Å². The molecule has 1 saturated heterocycles. The molecule has 0 aromatic carbocycles. The highest BCUT2D eigenvalue weighted by atomic mass is 16.5. The molecule has 1 atom stereocenters. The van der Waals surface area contributed by atoms with Crippen molar-refractivity contribution in [2.45, 2.75) is 26.4 Å². The lowest BCUT2D eigenvalue weighted by atomic mass is 10.2. The van der Waals surface area contributed by atoms with Gasteiger partial charge in [-0.1, -0.05) is 5.16 Å². The summed E-state index contributed by atoms with van der Waals surface area (Å²) in [6, 6.07) is 0. The quantitative estimate of drug-likeness (QED) is 0.838. The second-order valence-corrected chi connectivity index (χ2v) is 6.09. The van der Waals surface area contributed by atoms with Gasteiger partial charge in [-0.25, -0.2) is 0 Å². The topological polar surface area (TPSA) is 84.6 Å². The van der Waals surface area contributed by atoms with Crippen LogP contribution in [0.1, 0.15) is 28.2 Å². The van der Waals surface area contributed by atoms with Crippen LogP contribution in [0.25, 0.3) is 0 Å². The maximum absolute atomic E-state index is 12.6. The SMILES string of the molecule is Cc1noc(C)c1C(=O)N1CC[C@H](Oc2cncc(N(C)C)n2)C1. The summed E-state index contributed by atoms with van der Waals surface area (Å²) in [4.78, 5) is 24.8. The molecule has 0 radical (unpaired) electrons. The van der Waals surface area contributed by atoms with E-state index < -0.39 is 0 Å². The Balaban J connectivity index is 1.65. The summed E-state index contributed by atoms with van der Waals surface area (Å²) in [5, 5.41) is 3.84. The molecule has 0 saturated carbocycles. The number of rotatable bonds is 4. The van der Waals surface area contributed by atoms with Gasteiger partial charge in [0.1, 0.15) is 17.4 Å². The van der Waals surface area contributed by atoms with Gasteiger partial charge < -0.3 is 19.1 Å². The second kappa shape index (κ2) is 6.46. The zero-order valence-electron chi connectivity index (χ0n) is 14.3. The van der Waals surface area contributed by atoms with E-state index >= 15 is 0 Å². The summed E-state index contributed by atoms with van der Waals surface area (Å²) in [7, 11) is 3.79. The number of anilines is 1. The third-order valence-corrected chi connectivity index (χ3v) is 4.02. The molecule has 3 heterocycles. The van der Waals surface area contributed by atoms with E-state index in [1.54, 1.807) is 31.1 Å². The first-order chi connectivity index (χ1) is 11.5. The summed E-state index contributed by atoms with van der Waals surface area (Å²) >= 11 is 0. The van der Waals surface area contributed by atoms with Gasteiger partial charge in [-0.15, -0.1) is 0 Å². The fourth-order valence-electron chi connectivity index (χ4n) is 2.74. The number of hydrogen-bond acceptors (Lipinski definition) is 7. The lowest BCUT2D eigenvalue weighted by molar-refractivity contribution is 0.0768. The minimum absolute atomic E-state index is 0.0644. The van der Waals surface area contributed by atoms with Crippen molar-refractivity contribution >= 4 is 11.7 Å². The van der Waals surface area contributed by atoms with Crippen LogP contribution in [0.3, 0.4) is 0 Å². The number of hydrogen-bond donors (Lipinski definition) is 0. The van der Waals surface area contributed by atoms with E-state index in [-0.39, 0.29) is 12.0 Å². The summed E-state index contributed by atoms with van der Waals surface area (Å²) in [5.41, 5.74) is 1.16. The van der Waals surface area contributed by atoms with E-state index in [2.05, 4.69) is 15.1 Å². The molecule has 1 aliphatic rings. The molecule has 24 heavy (non-hydrogen) atoms. The summed E-state index contributed by atoms with van der Waals surface area (Å²) in [6.45, 7) is 4.67. The molecule has 0 unspecified atom stereocenters. The lowest BCUT2D eigenvalue weighted by Crippen LogP contribution is -2.31. The monoisotopic (exact) mass is 331 g/mol. The average Bonchev–Trinajstić information content (AvgIpc) is 3.14. The first-order valence-corrected chi connectivity index (χ1v) is 7.84. The maximum atomic E-state index is 12.6. The van der Waals surface area contributed by atoms with Crippen molar-refractivity contribution < 1.29 is 14.1 Å². The Labute approximate surface area is 140 Å². The van der Waals surface area contributed by atoms with Crippen LogP contribution in [0.15, 0.2) is 16.9 Å². The Morgan fingerprint density at radius 1 is 1.38 bits per heavy atom. The lowest BCUT2D eigenvalue weighted by Gasteiger charge is -2.17. The van der Waals surface area contributed by atoms with E-state index in [1.165, 1.54) is 0 Å². The Kier molecular flexibility index (Phi) is 4.37. The molecule has 3 rings (SSSR count). The highest BCUT2D eigenvalue weighted by molar-refractivity contribution is 5.96. The van der Waals surface area contributed by atoms with E-state index in [9.17, 15) is 4.79 Å². The number of carbonyl (C=O) groups excluding carboxylic acids is 1. The highest BCUT2D eigenvalue weighted by Crippen LogP contribution is 2.22. The largest absolute Gasteiger partial charge is 0.471 e. The van der Waals surface area contributed by atoms with Crippen LogP contribution >= 0.6 is 0 Å². The molecule has 0 bridgehead atoms. The zero-order valence-corrected chi connectivity index (χ0v) is 14.3. The third-order valence-electron chi connectivity index (χ3n) is 4.02. The molecule has 8 heteroatoms. The fourth-order valence-corrected chi connectivity index (χ4v) is 2.74. The van der Waals surface area contributed by atoms with Gasteiger partial charge in [-0.3, -0.25) is 9.78 Å². The van der Waals surface area contributed by atoms with Gasteiger partial charge in [-0.2, -0.15) is 4.98 Å². The summed E-state index contributed by atoms with van der Waals surface area (Å²) < 4.78 is 11.0. The standard InChI is InChI=1S/C16H21N5O3/c1-10-15(11(2)24-19-10)16(22)21-6-5-12(9-21)23-14-8-17-7-13(18-14)20(3)4/h7-8,12H,5-6,9H2,1-4H3/t12-/m0/s1. The van der Waals surface area contributed by atoms with Crippen LogP contribution < -0.4 is 9.64 Å². The molecule has 0 spiro atoms. The van der Waals surface area contributed by atoms with E-state index in [1.807, 2.05) is 19.0 Å². The minimum Gasteiger partial charge on any atom is -0.471 e. The predicted octanol–water partition coefficient (Wildman–Crippen LogP) is 1.44. The van der Waals surface area contributed by atoms with E-state index in [0.29, 0.717) is 36.0 Å². The Hall–Kier alpha value is -2.64. The van der Waals surface area contributed by atoms with Gasteiger partial charge in [0.05, 0.1) is 24.6 Å². The molecular weight excluding hydrogens is 310 g/mol. The summed E-state index contributed by atoms with van der Waals surface area (Å²) in [5.74, 6) is 1.68. The van der Waals surface area contributed by atoms with Crippen LogP contribution in [0.2, 0.25) is 0 Å². The molecule has 2 aromatic rings. The number of aryl methyl sites for hydroxylation is 2. The molecule has 128 valence electrons. The van der Waals surface area contributed by atoms with E-state index in [4.69, 9.17) is 9.26 Å². The maximum Gasteiger partial charge on any atom is 0.259 e. The van der Waals surface area contributed by atoms with Crippen molar-refractivity contribution in [1.82, 2.24) is 20.0 Å². The van der Waals surface area contributed by atoms with Gasteiger partial charge >= 0.3 is 0 Å². The van der Waals surface area contributed by atoms with Crippen molar-refractivity contribution in [2.75, 3.05) is 32.1 Å². The van der Waals surface area contributed by atoms with Crippen LogP contribution in [0.5, 0.6) is 5.88 Å². The number of ether oxygens (including phenoxy) is 1. The predicted molar refractivity (Wildman–Crippen MR) is 87.3 cm³/mol. The van der Waals surface area contributed by atoms with E-state index in [0.717, 1.165) is 12.2 Å². The van der Waals surface area contributed by atoms with Crippen molar-refractivity contribution in [3.63, 3.8) is 0 Å². The zero-order chi connectivity index (χ0) is 17.3. The Bertz CT molecular complexity index is 724. The van der Waals surface area contributed by atoms with Crippen LogP contribution in [-0.2, 0) is 0 Å². The molecule has 2 aromatic heterocycles. The second-order valence-electron chi connectivity index (χ2n) is 6.09. The minimum atomic E-state index is -0.0962. The highest BCUT2D eigenvalue weighted by Gasteiger charge is 2.31. The average molecular weight is 331 g/mol. The molecule has 0 N–H and O–H groups in total. The number of amides is 1. The third kappa shape index (κ3) is 3.17. The fraction of sp³-hybridized carbons (Fsp3) is 0.500. The smallest absolute Gasteiger partial charge is 0.259 e. The first kappa shape index (κ1) is 16.2. The van der Waals surface area contributed by atoms with Gasteiger partial charge in [0, 0.05) is 27.1 Å². The molecule has 0 aliphatic carbocycles. The first-order valence-electron chi connectivity index (χ1n) is 7.84. The number of carbonyl (C=O) groups is 1. The molecule has 1 fully saturated rings. The van der Waals surface area contributed by atoms with Gasteiger partial charge in [0.2, 0.25) is 5.88 Å². The Morgan fingerprint density at radius 3 is 2.83 bits per heavy atom. The van der Waals surface area contributed by atoms with Crippen molar-refractivity contribution in [3.8, 4) is 5.88 Å². The van der Waals surface area contributed by atoms with Crippen LogP contribution in [0, 0.1) is 13.8 Å². The Morgan fingerprint density at radius 2 is 2.17 bits per heavy atom. The van der Waals surface area contributed by atoms with Gasteiger partial charge in [0.25, 0.3) is 5.91 Å². The summed E-state index contributed by atoms with van der Waals surface area (Å²) in [6.07, 6.45) is 3.92. The van der Waals surface area contributed by atoms with Crippen molar-refractivity contribution in [1.29, 1.82) is 0 Å². The molecule has 1 aliphatic heterocycles. The number of aromatic nitrogens is 3. The molecule has 1 amide bonds. The molecule has 8 nitrogen and oxygen atoms in total. The molecular formula is C16H21N5O3. The van der Waals surface area contributed by atoms with Gasteiger partial charge in [0.15, 0.2) is 5.82 Å². The van der Waals surface area contributed by atoms with Crippen LogP contribution in [-0.4, -0.2) is 59.2 Å². The van der Waals surface area contributed by atoms with Crippen molar-refractivity contribution in [2.24, 2.45) is 0 Å². The number of nitrogens with zero attached hydrogens (tertiary/aromatic N) is 5. The normalized spacial score (nSPS) is 17.2.